The molecule has 0 saturated heterocycles. The molecule has 0 unspecified atom stereocenters. The number of aromatic amines is 1. The monoisotopic (exact) mass is 476 g/mol. The van der Waals surface area contributed by atoms with Crippen LogP contribution in [0.4, 0.5) is 10.6 Å². The zero-order chi connectivity index (χ0) is 24.0. The van der Waals surface area contributed by atoms with Crippen LogP contribution in [-0.4, -0.2) is 48.5 Å². The molecule has 33 heavy (non-hydrogen) atoms. The van der Waals surface area contributed by atoms with Gasteiger partial charge in [0.2, 0.25) is 5.91 Å². The summed E-state index contributed by atoms with van der Waals surface area (Å²) in [6, 6.07) is 8.40. The van der Waals surface area contributed by atoms with Gasteiger partial charge in [0.15, 0.2) is 15.7 Å². The minimum Gasteiger partial charge on any atom is -0.450 e. The van der Waals surface area contributed by atoms with Gasteiger partial charge >= 0.3 is 6.09 Å². The molecular weight excluding hydrogens is 444 g/mol. The third-order valence-corrected chi connectivity index (χ3v) is 8.00. The largest absolute Gasteiger partial charge is 0.450 e. The van der Waals surface area contributed by atoms with E-state index in [1.165, 1.54) is 6.07 Å². The Kier molecular flexibility index (Phi) is 8.12. The highest BCUT2D eigenvalue weighted by Crippen LogP contribution is 2.34. The maximum atomic E-state index is 12.6. The number of rotatable bonds is 9. The number of carbonyl (C=O) groups is 2. The van der Waals surface area contributed by atoms with E-state index >= 15 is 0 Å². The van der Waals surface area contributed by atoms with Crippen molar-refractivity contribution in [1.82, 2.24) is 15.5 Å². The third kappa shape index (κ3) is 6.34. The predicted octanol–water partition coefficient (Wildman–Crippen LogP) is 3.55. The van der Waals surface area contributed by atoms with Crippen molar-refractivity contribution in [1.29, 1.82) is 0 Å². The Balaban J connectivity index is 1.58. The van der Waals surface area contributed by atoms with Gasteiger partial charge in [-0.15, -0.1) is 0 Å². The SMILES string of the molecule is CCCOC(=O)N[C@@H]1CC[C@H](c2cc(NC(=O)Cc3ccccc3S(=O)(=O)C(C)C)n[nH]2)C1. The topological polar surface area (TPSA) is 130 Å². The number of anilines is 1. The quantitative estimate of drug-likeness (QED) is 0.507. The molecule has 1 aliphatic carbocycles. The maximum absolute atomic E-state index is 12.6. The van der Waals surface area contributed by atoms with Crippen LogP contribution in [-0.2, 0) is 25.8 Å². The first-order chi connectivity index (χ1) is 15.7. The number of ether oxygens (including phenoxy) is 1. The van der Waals surface area contributed by atoms with Crippen molar-refractivity contribution < 1.29 is 22.7 Å². The third-order valence-electron chi connectivity index (χ3n) is 5.75. The van der Waals surface area contributed by atoms with E-state index in [1.54, 1.807) is 38.1 Å². The molecule has 3 N–H and O–H groups in total. The van der Waals surface area contributed by atoms with Crippen molar-refractivity contribution in [2.45, 2.75) is 75.0 Å². The summed E-state index contributed by atoms with van der Waals surface area (Å²) in [5, 5.41) is 12.2. The van der Waals surface area contributed by atoms with Crippen LogP contribution < -0.4 is 10.6 Å². The van der Waals surface area contributed by atoms with Crippen LogP contribution in [0.2, 0.25) is 0 Å². The van der Waals surface area contributed by atoms with Gasteiger partial charge in [0, 0.05) is 23.7 Å². The number of nitrogens with zero attached hydrogens (tertiary/aromatic N) is 1. The van der Waals surface area contributed by atoms with Gasteiger partial charge in [-0.2, -0.15) is 5.10 Å². The number of aromatic nitrogens is 2. The van der Waals surface area contributed by atoms with Crippen molar-refractivity contribution >= 4 is 27.7 Å². The molecule has 10 heteroatoms. The highest BCUT2D eigenvalue weighted by atomic mass is 32.2. The molecule has 2 amide bonds. The zero-order valence-corrected chi connectivity index (χ0v) is 20.1. The molecule has 0 aliphatic heterocycles. The highest BCUT2D eigenvalue weighted by molar-refractivity contribution is 7.92. The lowest BCUT2D eigenvalue weighted by atomic mass is 10.0. The molecule has 1 aromatic heterocycles. The van der Waals surface area contributed by atoms with Crippen molar-refractivity contribution in [3.8, 4) is 0 Å². The number of amides is 2. The normalized spacial score (nSPS) is 18.3. The summed E-state index contributed by atoms with van der Waals surface area (Å²) in [5.74, 6) is 0.235. The molecule has 2 atom stereocenters. The molecule has 1 heterocycles. The second-order valence-electron chi connectivity index (χ2n) is 8.62. The summed E-state index contributed by atoms with van der Waals surface area (Å²) < 4.78 is 30.3. The van der Waals surface area contributed by atoms with Gasteiger partial charge < -0.3 is 15.4 Å². The molecule has 9 nitrogen and oxygen atoms in total. The minimum absolute atomic E-state index is 0.0418. The van der Waals surface area contributed by atoms with E-state index in [0.29, 0.717) is 18.0 Å². The van der Waals surface area contributed by atoms with Crippen LogP contribution >= 0.6 is 0 Å². The molecule has 1 aliphatic rings. The summed E-state index contributed by atoms with van der Waals surface area (Å²) in [6.07, 6.45) is 2.81. The van der Waals surface area contributed by atoms with E-state index in [-0.39, 0.29) is 35.3 Å². The Morgan fingerprint density at radius 2 is 2.00 bits per heavy atom. The Bertz CT molecular complexity index is 1080. The molecule has 180 valence electrons. The number of alkyl carbamates (subject to hydrolysis) is 1. The molecule has 3 rings (SSSR count). The van der Waals surface area contributed by atoms with Crippen molar-refractivity contribution in [3.63, 3.8) is 0 Å². The molecule has 0 bridgehead atoms. The fourth-order valence-corrected chi connectivity index (χ4v) is 5.23. The second kappa shape index (κ2) is 10.8. The number of H-pyrrole nitrogens is 1. The van der Waals surface area contributed by atoms with Gasteiger partial charge in [0.25, 0.3) is 0 Å². The molecule has 0 radical (unpaired) electrons. The van der Waals surface area contributed by atoms with Crippen LogP contribution in [0.1, 0.15) is 63.6 Å². The Morgan fingerprint density at radius 1 is 1.24 bits per heavy atom. The van der Waals surface area contributed by atoms with Crippen molar-refractivity contribution in [2.75, 3.05) is 11.9 Å². The molecule has 0 spiro atoms. The summed E-state index contributed by atoms with van der Waals surface area (Å²) >= 11 is 0. The number of benzene rings is 1. The van der Waals surface area contributed by atoms with E-state index in [2.05, 4.69) is 20.8 Å². The van der Waals surface area contributed by atoms with E-state index < -0.39 is 15.1 Å². The van der Waals surface area contributed by atoms with Crippen LogP contribution in [0, 0.1) is 0 Å². The second-order valence-corrected chi connectivity index (χ2v) is 11.1. The maximum Gasteiger partial charge on any atom is 0.407 e. The fraction of sp³-hybridized carbons (Fsp3) is 0.522. The van der Waals surface area contributed by atoms with Gasteiger partial charge in [-0.25, -0.2) is 13.2 Å². The highest BCUT2D eigenvalue weighted by Gasteiger charge is 2.29. The lowest BCUT2D eigenvalue weighted by Crippen LogP contribution is -2.33. The first-order valence-corrected chi connectivity index (χ1v) is 12.9. The van der Waals surface area contributed by atoms with Gasteiger partial charge in [-0.1, -0.05) is 25.1 Å². The van der Waals surface area contributed by atoms with Gasteiger partial charge in [0.1, 0.15) is 0 Å². The smallest absolute Gasteiger partial charge is 0.407 e. The summed E-state index contributed by atoms with van der Waals surface area (Å²) in [4.78, 5) is 24.5. The lowest BCUT2D eigenvalue weighted by Gasteiger charge is -2.13. The van der Waals surface area contributed by atoms with Crippen LogP contribution in [0.15, 0.2) is 35.2 Å². The molecule has 1 saturated carbocycles. The minimum atomic E-state index is -3.49. The molecular formula is C23H32N4O5S. The Morgan fingerprint density at radius 3 is 2.73 bits per heavy atom. The van der Waals surface area contributed by atoms with Gasteiger partial charge in [0.05, 0.1) is 23.2 Å². The van der Waals surface area contributed by atoms with Crippen LogP contribution in [0.3, 0.4) is 0 Å². The molecule has 1 fully saturated rings. The number of carbonyl (C=O) groups excluding carboxylic acids is 2. The zero-order valence-electron chi connectivity index (χ0n) is 19.3. The lowest BCUT2D eigenvalue weighted by molar-refractivity contribution is -0.115. The van der Waals surface area contributed by atoms with E-state index in [9.17, 15) is 18.0 Å². The van der Waals surface area contributed by atoms with Crippen molar-refractivity contribution in [3.05, 3.63) is 41.6 Å². The van der Waals surface area contributed by atoms with Crippen LogP contribution in [0.5, 0.6) is 0 Å². The average Bonchev–Trinajstić information content (AvgIpc) is 3.41. The fourth-order valence-electron chi connectivity index (χ4n) is 3.95. The summed E-state index contributed by atoms with van der Waals surface area (Å²) in [6.45, 7) is 5.59. The van der Waals surface area contributed by atoms with E-state index in [0.717, 1.165) is 31.4 Å². The predicted molar refractivity (Wildman–Crippen MR) is 125 cm³/mol. The number of hydrogen-bond donors (Lipinski definition) is 3. The van der Waals surface area contributed by atoms with Gasteiger partial charge in [-0.05, 0) is 51.2 Å². The van der Waals surface area contributed by atoms with E-state index in [4.69, 9.17) is 4.74 Å². The van der Waals surface area contributed by atoms with Gasteiger partial charge in [-0.3, -0.25) is 9.89 Å². The summed E-state index contributed by atoms with van der Waals surface area (Å²) in [7, 11) is -3.49. The van der Waals surface area contributed by atoms with Crippen molar-refractivity contribution in [2.24, 2.45) is 0 Å². The van der Waals surface area contributed by atoms with Crippen LogP contribution in [0.25, 0.3) is 0 Å². The molecule has 2 aromatic rings. The van der Waals surface area contributed by atoms with E-state index in [1.807, 2.05) is 6.92 Å². The summed E-state index contributed by atoms with van der Waals surface area (Å²) in [5.41, 5.74) is 1.35. The number of sulfone groups is 1. The number of hydrogen-bond acceptors (Lipinski definition) is 6. The first kappa shape index (κ1) is 24.8. The molecule has 1 aromatic carbocycles. The number of nitrogens with one attached hydrogen (secondary N) is 3. The Hall–Kier alpha value is -2.88. The average molecular weight is 477 g/mol. The first-order valence-electron chi connectivity index (χ1n) is 11.3. The Labute approximate surface area is 194 Å². The standard InChI is InChI=1S/C23H32N4O5S/c1-4-11-32-23(29)24-18-10-9-16(12-18)19-14-21(27-26-19)25-22(28)13-17-7-5-6-8-20(17)33(30,31)15(2)3/h5-8,14-16,18H,4,9-13H2,1-3H3,(H,24,29)(H2,25,26,27,28)/t16-,18+/m0/s1.